The Morgan fingerprint density at radius 3 is 1.91 bits per heavy atom. The lowest BCUT2D eigenvalue weighted by Gasteiger charge is -2.26. The van der Waals surface area contributed by atoms with E-state index in [1.54, 1.807) is 14.2 Å². The molecule has 2 unspecified atom stereocenters. The van der Waals surface area contributed by atoms with Crippen LogP contribution in [0.25, 0.3) is 0 Å². The lowest BCUT2D eigenvalue weighted by Crippen LogP contribution is -2.32. The van der Waals surface area contributed by atoms with Crippen molar-refractivity contribution in [3.8, 4) is 0 Å². The maximum Gasteiger partial charge on any atom is 0.307 e. The van der Waals surface area contributed by atoms with Crippen molar-refractivity contribution in [1.82, 2.24) is 4.90 Å². The van der Waals surface area contributed by atoms with Crippen LogP contribution in [0.4, 0.5) is 0 Å². The van der Waals surface area contributed by atoms with Gasteiger partial charge in [0.05, 0.1) is 26.1 Å². The third-order valence-electron chi connectivity index (χ3n) is 5.76. The second-order valence-corrected chi connectivity index (χ2v) is 9.91. The quantitative estimate of drug-likeness (QED) is 0.119. The standard InChI is InChI=1S/C26H49NO6S/c1-7-9-22(3)10-11-24(23(4)8-2)34-21-16-27(14-12-25(28)32-19-17-30-5)15-13-26(29)33-20-18-31-6/h9,23-24H,7-8,10-21H2,1-6H3/b22-9+. The summed E-state index contributed by atoms with van der Waals surface area (Å²) in [7, 11) is 3.15. The second kappa shape index (κ2) is 22.4. The normalized spacial score (nSPS) is 13.7. The van der Waals surface area contributed by atoms with Crippen LogP contribution in [-0.4, -0.2) is 88.1 Å². The summed E-state index contributed by atoms with van der Waals surface area (Å²) in [6, 6.07) is 0. The maximum absolute atomic E-state index is 12.0. The fourth-order valence-electron chi connectivity index (χ4n) is 3.40. The Bertz CT molecular complexity index is 531. The molecule has 200 valence electrons. The first-order chi connectivity index (χ1) is 16.4. The van der Waals surface area contributed by atoms with Crippen molar-refractivity contribution in [1.29, 1.82) is 0 Å². The van der Waals surface area contributed by atoms with Gasteiger partial charge in [0.15, 0.2) is 0 Å². The van der Waals surface area contributed by atoms with E-state index in [1.165, 1.54) is 18.4 Å². The highest BCUT2D eigenvalue weighted by Crippen LogP contribution is 2.28. The predicted octanol–water partition coefficient (Wildman–Crippen LogP) is 4.73. The molecule has 0 radical (unpaired) electrons. The van der Waals surface area contributed by atoms with E-state index in [9.17, 15) is 9.59 Å². The van der Waals surface area contributed by atoms with Crippen molar-refractivity contribution in [2.75, 3.05) is 66.0 Å². The zero-order valence-electron chi connectivity index (χ0n) is 22.4. The number of esters is 2. The van der Waals surface area contributed by atoms with Gasteiger partial charge in [0.25, 0.3) is 0 Å². The molecule has 0 aliphatic rings. The molecule has 0 N–H and O–H groups in total. The van der Waals surface area contributed by atoms with E-state index in [1.807, 2.05) is 11.8 Å². The fraction of sp³-hybridized carbons (Fsp3) is 0.846. The van der Waals surface area contributed by atoms with E-state index >= 15 is 0 Å². The molecule has 0 heterocycles. The van der Waals surface area contributed by atoms with E-state index in [0.717, 1.165) is 25.1 Å². The summed E-state index contributed by atoms with van der Waals surface area (Å²) in [4.78, 5) is 26.2. The van der Waals surface area contributed by atoms with Gasteiger partial charge in [0, 0.05) is 44.9 Å². The zero-order valence-corrected chi connectivity index (χ0v) is 23.3. The summed E-state index contributed by atoms with van der Waals surface area (Å²) in [5, 5.41) is 0.602. The van der Waals surface area contributed by atoms with E-state index in [0.29, 0.717) is 50.3 Å². The minimum Gasteiger partial charge on any atom is -0.463 e. The molecule has 0 aromatic heterocycles. The van der Waals surface area contributed by atoms with Gasteiger partial charge in [-0.2, -0.15) is 11.8 Å². The van der Waals surface area contributed by atoms with Crippen LogP contribution in [-0.2, 0) is 28.5 Å². The second-order valence-electron chi connectivity index (χ2n) is 8.56. The fourth-order valence-corrected chi connectivity index (χ4v) is 4.88. The highest BCUT2D eigenvalue weighted by Gasteiger charge is 2.18. The number of carbonyl (C=O) groups is 2. The van der Waals surface area contributed by atoms with Crippen LogP contribution in [0, 0.1) is 5.92 Å². The number of thioether (sulfide) groups is 1. The van der Waals surface area contributed by atoms with Gasteiger partial charge in [-0.15, -0.1) is 0 Å². The Labute approximate surface area is 212 Å². The predicted molar refractivity (Wildman–Crippen MR) is 140 cm³/mol. The SMILES string of the molecule is CC/C=C(\C)CCC(SCCN(CCC(=O)OCCOC)CCC(=O)OCCOC)C(C)CC. The molecule has 0 saturated heterocycles. The van der Waals surface area contributed by atoms with Gasteiger partial charge in [-0.1, -0.05) is 38.8 Å². The summed E-state index contributed by atoms with van der Waals surface area (Å²) < 4.78 is 20.2. The Balaban J connectivity index is 4.75. The molecule has 34 heavy (non-hydrogen) atoms. The Morgan fingerprint density at radius 2 is 1.44 bits per heavy atom. The number of methoxy groups -OCH3 is 2. The summed E-state index contributed by atoms with van der Waals surface area (Å²) in [6.45, 7) is 12.2. The number of nitrogens with zero attached hydrogens (tertiary/aromatic N) is 1. The molecule has 0 aliphatic carbocycles. The number of allylic oxidation sites excluding steroid dienone is 2. The van der Waals surface area contributed by atoms with Crippen LogP contribution in [0.5, 0.6) is 0 Å². The maximum atomic E-state index is 12.0. The Kier molecular flexibility index (Phi) is 21.7. The molecule has 8 heteroatoms. The third kappa shape index (κ3) is 18.3. The molecule has 0 amide bonds. The molecule has 0 rings (SSSR count). The van der Waals surface area contributed by atoms with Gasteiger partial charge >= 0.3 is 11.9 Å². The molecule has 0 spiro atoms. The van der Waals surface area contributed by atoms with Crippen molar-refractivity contribution in [3.05, 3.63) is 11.6 Å². The van der Waals surface area contributed by atoms with Crippen LogP contribution in [0.15, 0.2) is 11.6 Å². The van der Waals surface area contributed by atoms with Gasteiger partial charge in [-0.3, -0.25) is 9.59 Å². The number of hydrogen-bond acceptors (Lipinski definition) is 8. The van der Waals surface area contributed by atoms with Crippen LogP contribution in [0.2, 0.25) is 0 Å². The zero-order chi connectivity index (χ0) is 25.6. The molecule has 0 fully saturated rings. The van der Waals surface area contributed by atoms with Gasteiger partial charge < -0.3 is 23.8 Å². The van der Waals surface area contributed by atoms with Gasteiger partial charge in [0.1, 0.15) is 13.2 Å². The molecule has 0 aromatic carbocycles. The van der Waals surface area contributed by atoms with Crippen LogP contribution >= 0.6 is 11.8 Å². The van der Waals surface area contributed by atoms with E-state index < -0.39 is 0 Å². The van der Waals surface area contributed by atoms with Crippen molar-refractivity contribution in [2.24, 2.45) is 5.92 Å². The first-order valence-corrected chi connectivity index (χ1v) is 13.7. The number of rotatable bonds is 22. The highest BCUT2D eigenvalue weighted by molar-refractivity contribution is 7.99. The molecule has 7 nitrogen and oxygen atoms in total. The summed E-state index contributed by atoms with van der Waals surface area (Å²) in [5.74, 6) is 1.13. The van der Waals surface area contributed by atoms with Crippen molar-refractivity contribution in [2.45, 2.75) is 71.5 Å². The first-order valence-electron chi connectivity index (χ1n) is 12.7. The smallest absolute Gasteiger partial charge is 0.307 e. The Hall–Kier alpha value is -1.09. The third-order valence-corrected chi connectivity index (χ3v) is 7.31. The van der Waals surface area contributed by atoms with E-state index in [-0.39, 0.29) is 25.2 Å². The van der Waals surface area contributed by atoms with Crippen LogP contribution in [0.1, 0.15) is 66.2 Å². The number of hydrogen-bond donors (Lipinski definition) is 0. The number of ether oxygens (including phenoxy) is 4. The molecular formula is C26H49NO6S. The van der Waals surface area contributed by atoms with Crippen LogP contribution in [0.3, 0.4) is 0 Å². The highest BCUT2D eigenvalue weighted by atomic mass is 32.2. The summed E-state index contributed by atoms with van der Waals surface area (Å²) in [6.07, 6.45) is 7.48. The van der Waals surface area contributed by atoms with Gasteiger partial charge in [-0.25, -0.2) is 0 Å². The van der Waals surface area contributed by atoms with Crippen molar-refractivity contribution >= 4 is 23.7 Å². The minimum absolute atomic E-state index is 0.243. The van der Waals surface area contributed by atoms with Crippen molar-refractivity contribution in [3.63, 3.8) is 0 Å². The largest absolute Gasteiger partial charge is 0.463 e. The van der Waals surface area contributed by atoms with E-state index in [2.05, 4.69) is 38.7 Å². The van der Waals surface area contributed by atoms with Gasteiger partial charge in [0.2, 0.25) is 0 Å². The minimum atomic E-state index is -0.243. The average molecular weight is 504 g/mol. The lowest BCUT2D eigenvalue weighted by atomic mass is 9.98. The Morgan fingerprint density at radius 1 is 0.882 bits per heavy atom. The molecular weight excluding hydrogens is 454 g/mol. The molecule has 2 atom stereocenters. The van der Waals surface area contributed by atoms with Gasteiger partial charge in [-0.05, 0) is 32.1 Å². The molecule has 0 aromatic rings. The van der Waals surface area contributed by atoms with E-state index in [4.69, 9.17) is 18.9 Å². The monoisotopic (exact) mass is 503 g/mol. The summed E-state index contributed by atoms with van der Waals surface area (Å²) >= 11 is 2.01. The lowest BCUT2D eigenvalue weighted by molar-refractivity contribution is -0.145. The van der Waals surface area contributed by atoms with Crippen molar-refractivity contribution < 1.29 is 28.5 Å². The molecule has 0 saturated carbocycles. The topological polar surface area (TPSA) is 74.3 Å². The molecule has 0 aliphatic heterocycles. The number of carbonyl (C=O) groups excluding carboxylic acids is 2. The van der Waals surface area contributed by atoms with Crippen LogP contribution < -0.4 is 0 Å². The first kappa shape index (κ1) is 32.9. The summed E-state index contributed by atoms with van der Waals surface area (Å²) in [5.41, 5.74) is 1.47. The molecule has 0 bridgehead atoms. The average Bonchev–Trinajstić information content (AvgIpc) is 2.82.